The van der Waals surface area contributed by atoms with E-state index in [2.05, 4.69) is 10.2 Å². The highest BCUT2D eigenvalue weighted by Crippen LogP contribution is 2.11. The molecule has 100 valence electrons. The van der Waals surface area contributed by atoms with Crippen LogP contribution in [0.5, 0.6) is 0 Å². The monoisotopic (exact) mass is 250 g/mol. The fraction of sp³-hybridized carbons (Fsp3) is 0.600. The molecule has 0 bridgehead atoms. The highest BCUT2D eigenvalue weighted by atomic mass is 19.1. The first-order chi connectivity index (χ1) is 8.84. The van der Waals surface area contributed by atoms with E-state index >= 15 is 0 Å². The Morgan fingerprint density at radius 2 is 1.56 bits per heavy atom. The summed E-state index contributed by atoms with van der Waals surface area (Å²) in [5.74, 6) is -0.177. The Hall–Kier alpha value is -1.09. The van der Waals surface area contributed by atoms with Gasteiger partial charge in [0.05, 0.1) is 0 Å². The fourth-order valence-corrected chi connectivity index (χ4v) is 2.46. The molecule has 0 spiro atoms. The first-order valence-electron chi connectivity index (χ1n) is 7.06. The summed E-state index contributed by atoms with van der Waals surface area (Å²) in [7, 11) is 0. The van der Waals surface area contributed by atoms with Gasteiger partial charge < -0.3 is 10.2 Å². The Bertz CT molecular complexity index is 329. The normalized spacial score (nSPS) is 18.1. The Kier molecular flexibility index (Phi) is 5.46. The molecule has 2 rings (SSSR count). The molecule has 1 aromatic rings. The summed E-state index contributed by atoms with van der Waals surface area (Å²) >= 11 is 0. The second-order valence-electron chi connectivity index (χ2n) is 5.04. The van der Waals surface area contributed by atoms with Crippen LogP contribution >= 0.6 is 0 Å². The number of hydrogen-bond donors (Lipinski definition) is 1. The zero-order chi connectivity index (χ0) is 12.6. The van der Waals surface area contributed by atoms with E-state index in [-0.39, 0.29) is 5.82 Å². The Balaban J connectivity index is 1.68. The molecule has 1 aliphatic heterocycles. The Labute approximate surface area is 109 Å². The standard InChI is InChI=1S/C15H23FN2/c16-14-6-8-15(9-7-14)17-10-13-18-11-4-2-1-3-5-12-18/h6-9,17H,1-5,10-13H2. The summed E-state index contributed by atoms with van der Waals surface area (Å²) in [6.45, 7) is 4.47. The van der Waals surface area contributed by atoms with Crippen molar-refractivity contribution in [2.75, 3.05) is 31.5 Å². The molecule has 0 radical (unpaired) electrons. The molecule has 2 nitrogen and oxygen atoms in total. The number of hydrogen-bond acceptors (Lipinski definition) is 2. The van der Waals surface area contributed by atoms with Crippen LogP contribution in [0.2, 0.25) is 0 Å². The Morgan fingerprint density at radius 3 is 2.22 bits per heavy atom. The first-order valence-corrected chi connectivity index (χ1v) is 7.06. The van der Waals surface area contributed by atoms with E-state index in [1.54, 1.807) is 12.1 Å². The third-order valence-electron chi connectivity index (χ3n) is 3.55. The summed E-state index contributed by atoms with van der Waals surface area (Å²) in [4.78, 5) is 2.54. The van der Waals surface area contributed by atoms with Gasteiger partial charge in [0.1, 0.15) is 5.82 Å². The van der Waals surface area contributed by atoms with Crippen LogP contribution < -0.4 is 5.32 Å². The van der Waals surface area contributed by atoms with E-state index in [0.29, 0.717) is 0 Å². The van der Waals surface area contributed by atoms with E-state index in [1.807, 2.05) is 0 Å². The van der Waals surface area contributed by atoms with Gasteiger partial charge in [0.15, 0.2) is 0 Å². The number of likely N-dealkylation sites (tertiary alicyclic amines) is 1. The van der Waals surface area contributed by atoms with Crippen molar-refractivity contribution in [2.24, 2.45) is 0 Å². The summed E-state index contributed by atoms with van der Waals surface area (Å²) in [6, 6.07) is 6.59. The second kappa shape index (κ2) is 7.37. The number of nitrogens with one attached hydrogen (secondary N) is 1. The smallest absolute Gasteiger partial charge is 0.123 e. The SMILES string of the molecule is Fc1ccc(NCCN2CCCCCCC2)cc1. The lowest BCUT2D eigenvalue weighted by Gasteiger charge is -2.24. The molecular formula is C15H23FN2. The van der Waals surface area contributed by atoms with Crippen LogP contribution in [0.4, 0.5) is 10.1 Å². The van der Waals surface area contributed by atoms with Crippen molar-refractivity contribution in [2.45, 2.75) is 32.1 Å². The van der Waals surface area contributed by atoms with Gasteiger partial charge in [-0.15, -0.1) is 0 Å². The summed E-state index contributed by atoms with van der Waals surface area (Å²) in [5.41, 5.74) is 1.00. The molecule has 1 fully saturated rings. The van der Waals surface area contributed by atoms with Gasteiger partial charge in [0.25, 0.3) is 0 Å². The van der Waals surface area contributed by atoms with Crippen molar-refractivity contribution in [3.8, 4) is 0 Å². The van der Waals surface area contributed by atoms with Gasteiger partial charge in [0, 0.05) is 18.8 Å². The fourth-order valence-electron chi connectivity index (χ4n) is 2.46. The molecule has 0 unspecified atom stereocenters. The third kappa shape index (κ3) is 4.65. The molecule has 1 heterocycles. The van der Waals surface area contributed by atoms with Crippen molar-refractivity contribution in [3.63, 3.8) is 0 Å². The van der Waals surface area contributed by atoms with Crippen LogP contribution in [0.25, 0.3) is 0 Å². The minimum atomic E-state index is -0.177. The van der Waals surface area contributed by atoms with Crippen LogP contribution in [0.3, 0.4) is 0 Å². The molecule has 0 aromatic heterocycles. The molecule has 1 aromatic carbocycles. The Morgan fingerprint density at radius 1 is 0.944 bits per heavy atom. The van der Waals surface area contributed by atoms with Crippen LogP contribution in [0, 0.1) is 5.82 Å². The van der Waals surface area contributed by atoms with E-state index in [1.165, 1.54) is 57.3 Å². The molecule has 0 aliphatic carbocycles. The minimum absolute atomic E-state index is 0.177. The van der Waals surface area contributed by atoms with E-state index in [4.69, 9.17) is 0 Å². The van der Waals surface area contributed by atoms with E-state index in [0.717, 1.165) is 18.8 Å². The molecule has 1 aliphatic rings. The maximum Gasteiger partial charge on any atom is 0.123 e. The number of rotatable bonds is 4. The molecule has 1 saturated heterocycles. The van der Waals surface area contributed by atoms with Crippen molar-refractivity contribution in [1.29, 1.82) is 0 Å². The van der Waals surface area contributed by atoms with Gasteiger partial charge in [-0.3, -0.25) is 0 Å². The third-order valence-corrected chi connectivity index (χ3v) is 3.55. The predicted octanol–water partition coefficient (Wildman–Crippen LogP) is 3.50. The first kappa shape index (κ1) is 13.3. The van der Waals surface area contributed by atoms with Gasteiger partial charge in [-0.25, -0.2) is 4.39 Å². The molecule has 18 heavy (non-hydrogen) atoms. The second-order valence-corrected chi connectivity index (χ2v) is 5.04. The summed E-state index contributed by atoms with van der Waals surface area (Å²) in [5, 5.41) is 3.35. The van der Waals surface area contributed by atoms with Crippen LogP contribution in [-0.2, 0) is 0 Å². The lowest BCUT2D eigenvalue weighted by atomic mass is 10.1. The van der Waals surface area contributed by atoms with Crippen molar-refractivity contribution < 1.29 is 4.39 Å². The maximum atomic E-state index is 12.7. The quantitative estimate of drug-likeness (QED) is 0.879. The molecule has 0 atom stereocenters. The van der Waals surface area contributed by atoms with Gasteiger partial charge in [-0.05, 0) is 50.2 Å². The average molecular weight is 250 g/mol. The van der Waals surface area contributed by atoms with E-state index in [9.17, 15) is 4.39 Å². The number of nitrogens with zero attached hydrogens (tertiary/aromatic N) is 1. The zero-order valence-electron chi connectivity index (χ0n) is 11.0. The molecule has 1 N–H and O–H groups in total. The van der Waals surface area contributed by atoms with Gasteiger partial charge in [-0.2, -0.15) is 0 Å². The van der Waals surface area contributed by atoms with Crippen molar-refractivity contribution >= 4 is 5.69 Å². The van der Waals surface area contributed by atoms with Crippen LogP contribution in [0.15, 0.2) is 24.3 Å². The van der Waals surface area contributed by atoms with Gasteiger partial charge >= 0.3 is 0 Å². The minimum Gasteiger partial charge on any atom is -0.384 e. The summed E-state index contributed by atoms with van der Waals surface area (Å²) < 4.78 is 12.7. The summed E-state index contributed by atoms with van der Waals surface area (Å²) in [6.07, 6.45) is 6.82. The molecule has 0 amide bonds. The van der Waals surface area contributed by atoms with Crippen LogP contribution in [-0.4, -0.2) is 31.1 Å². The number of benzene rings is 1. The largest absolute Gasteiger partial charge is 0.384 e. The molecule has 3 heteroatoms. The highest BCUT2D eigenvalue weighted by Gasteiger charge is 2.07. The van der Waals surface area contributed by atoms with Gasteiger partial charge in [0.2, 0.25) is 0 Å². The molecule has 0 saturated carbocycles. The van der Waals surface area contributed by atoms with Crippen molar-refractivity contribution in [1.82, 2.24) is 4.90 Å². The average Bonchev–Trinajstić information content (AvgIpc) is 2.34. The lowest BCUT2D eigenvalue weighted by Crippen LogP contribution is -2.31. The highest BCUT2D eigenvalue weighted by molar-refractivity contribution is 5.42. The lowest BCUT2D eigenvalue weighted by molar-refractivity contribution is 0.256. The molecular weight excluding hydrogens is 227 g/mol. The number of anilines is 1. The maximum absolute atomic E-state index is 12.7. The van der Waals surface area contributed by atoms with Crippen LogP contribution in [0.1, 0.15) is 32.1 Å². The van der Waals surface area contributed by atoms with Gasteiger partial charge in [-0.1, -0.05) is 19.3 Å². The van der Waals surface area contributed by atoms with Crippen molar-refractivity contribution in [3.05, 3.63) is 30.1 Å². The number of halogens is 1. The topological polar surface area (TPSA) is 15.3 Å². The zero-order valence-corrected chi connectivity index (χ0v) is 11.0. The van der Waals surface area contributed by atoms with E-state index < -0.39 is 0 Å². The predicted molar refractivity (Wildman–Crippen MR) is 74.4 cm³/mol.